The summed E-state index contributed by atoms with van der Waals surface area (Å²) in [6, 6.07) is 5.47. The van der Waals surface area contributed by atoms with Crippen molar-refractivity contribution in [1.82, 2.24) is 0 Å². The molecule has 0 bridgehead atoms. The standard InChI is InChI=1S/C18H15ClF4N2O5S.C4H6F3NO2/c1-9(26)24-15-13(31(29,30)11-5-3-10(20)4-6-11)8-7-12(14(15)19)25-16(27)17(2,28)18(21,22)23;1-3(10,2(8)9)4(5,6)7/h3-8,28H,1-2H3,(H,24,26)(H,25,27);10H,1H3,(H2,8,9)/t17-;/m1./s1. The van der Waals surface area contributed by atoms with Gasteiger partial charge in [0.25, 0.3) is 11.8 Å². The summed E-state index contributed by atoms with van der Waals surface area (Å²) in [6.07, 6.45) is -10.3. The van der Waals surface area contributed by atoms with Gasteiger partial charge in [0.05, 0.1) is 26.2 Å². The predicted octanol–water partition coefficient (Wildman–Crippen LogP) is 3.31. The van der Waals surface area contributed by atoms with E-state index in [0.717, 1.165) is 43.3 Å². The number of rotatable bonds is 6. The van der Waals surface area contributed by atoms with Crippen LogP contribution in [0, 0.1) is 5.82 Å². The highest BCUT2D eigenvalue weighted by Gasteiger charge is 2.56. The van der Waals surface area contributed by atoms with Gasteiger partial charge >= 0.3 is 12.4 Å². The van der Waals surface area contributed by atoms with E-state index >= 15 is 0 Å². The molecule has 0 aliphatic carbocycles. The predicted molar refractivity (Wildman–Crippen MR) is 129 cm³/mol. The van der Waals surface area contributed by atoms with Gasteiger partial charge in [0.15, 0.2) is 0 Å². The Morgan fingerprint density at radius 1 is 0.854 bits per heavy atom. The van der Waals surface area contributed by atoms with Crippen molar-refractivity contribution in [1.29, 1.82) is 0 Å². The van der Waals surface area contributed by atoms with Crippen molar-refractivity contribution < 1.29 is 63.7 Å². The number of hydrogen-bond acceptors (Lipinski definition) is 7. The van der Waals surface area contributed by atoms with Gasteiger partial charge in [0.1, 0.15) is 5.82 Å². The number of carbonyl (C=O) groups excluding carboxylic acids is 3. The monoisotopic (exact) mass is 639 g/mol. The van der Waals surface area contributed by atoms with Crippen molar-refractivity contribution in [2.45, 2.75) is 54.1 Å². The molecule has 2 aromatic rings. The molecule has 0 aliphatic rings. The molecule has 0 spiro atoms. The number of aliphatic hydroxyl groups is 2. The number of nitrogens with two attached hydrogens (primary N) is 1. The molecular formula is C22H21ClF7N3O7S. The van der Waals surface area contributed by atoms with E-state index in [-0.39, 0.29) is 11.8 Å². The van der Waals surface area contributed by atoms with Crippen molar-refractivity contribution in [3.8, 4) is 0 Å². The fourth-order valence-corrected chi connectivity index (χ4v) is 4.16. The fourth-order valence-electron chi connectivity index (χ4n) is 2.42. The number of carbonyl (C=O) groups is 3. The van der Waals surface area contributed by atoms with Gasteiger partial charge in [-0.3, -0.25) is 14.4 Å². The highest BCUT2D eigenvalue weighted by Crippen LogP contribution is 2.39. The second kappa shape index (κ2) is 12.2. The van der Waals surface area contributed by atoms with Gasteiger partial charge in [-0.05, 0) is 50.2 Å². The Morgan fingerprint density at radius 2 is 1.32 bits per heavy atom. The lowest BCUT2D eigenvalue weighted by Gasteiger charge is -2.25. The van der Waals surface area contributed by atoms with Crippen LogP contribution < -0.4 is 16.4 Å². The second-order valence-corrected chi connectivity index (χ2v) is 10.7. The van der Waals surface area contributed by atoms with Crippen LogP contribution in [-0.2, 0) is 24.2 Å². The SMILES string of the molecule is CC(=O)Nc1c(S(=O)(=O)c2ccc(F)cc2)ccc(NC(=O)[C@@](C)(O)C(F)(F)F)c1Cl.CC(O)(C(N)=O)C(F)(F)F. The van der Waals surface area contributed by atoms with E-state index in [1.54, 1.807) is 5.32 Å². The van der Waals surface area contributed by atoms with Crippen molar-refractivity contribution in [3.63, 3.8) is 0 Å². The van der Waals surface area contributed by atoms with Crippen LogP contribution >= 0.6 is 11.6 Å². The van der Waals surface area contributed by atoms with E-state index in [0.29, 0.717) is 6.92 Å². The first-order valence-electron chi connectivity index (χ1n) is 10.6. The lowest BCUT2D eigenvalue weighted by atomic mass is 10.1. The van der Waals surface area contributed by atoms with Crippen molar-refractivity contribution in [2.24, 2.45) is 5.73 Å². The molecule has 0 aromatic heterocycles. The van der Waals surface area contributed by atoms with E-state index in [4.69, 9.17) is 16.7 Å². The number of sulfone groups is 1. The number of benzene rings is 2. The van der Waals surface area contributed by atoms with Gasteiger partial charge in [-0.15, -0.1) is 0 Å². The number of anilines is 2. The molecule has 0 saturated heterocycles. The molecule has 2 rings (SSSR count). The van der Waals surface area contributed by atoms with Crippen LogP contribution in [0.1, 0.15) is 20.8 Å². The normalized spacial score (nSPS) is 15.0. The second-order valence-electron chi connectivity index (χ2n) is 8.40. The van der Waals surface area contributed by atoms with E-state index in [1.807, 2.05) is 0 Å². The molecule has 0 saturated carbocycles. The van der Waals surface area contributed by atoms with Gasteiger partial charge in [-0.1, -0.05) is 11.6 Å². The fraction of sp³-hybridized carbons (Fsp3) is 0.318. The van der Waals surface area contributed by atoms with Crippen LogP contribution in [0.15, 0.2) is 46.2 Å². The summed E-state index contributed by atoms with van der Waals surface area (Å²) in [5.74, 6) is -5.16. The molecule has 10 nitrogen and oxygen atoms in total. The minimum atomic E-state index is -5.31. The molecule has 3 amide bonds. The molecule has 6 N–H and O–H groups in total. The summed E-state index contributed by atoms with van der Waals surface area (Å²) >= 11 is 6.07. The average Bonchev–Trinajstić information content (AvgIpc) is 2.80. The first-order chi connectivity index (χ1) is 18.3. The number of nitrogens with one attached hydrogen (secondary N) is 2. The topological polar surface area (TPSA) is 176 Å². The zero-order chi connectivity index (χ0) is 32.4. The third-order valence-corrected chi connectivity index (χ3v) is 7.30. The molecule has 2 aromatic carbocycles. The molecule has 19 heteroatoms. The summed E-state index contributed by atoms with van der Waals surface area (Å²) in [5, 5.41) is 21.1. The summed E-state index contributed by atoms with van der Waals surface area (Å²) < 4.78 is 112. The maximum absolute atomic E-state index is 13.1. The Labute approximate surface area is 232 Å². The zero-order valence-corrected chi connectivity index (χ0v) is 22.5. The van der Waals surface area contributed by atoms with E-state index in [9.17, 15) is 58.6 Å². The third-order valence-electron chi connectivity index (χ3n) is 5.09. The van der Waals surface area contributed by atoms with Gasteiger partial charge in [0, 0.05) is 6.92 Å². The highest BCUT2D eigenvalue weighted by molar-refractivity contribution is 7.91. The van der Waals surface area contributed by atoms with Crippen molar-refractivity contribution in [2.75, 3.05) is 10.6 Å². The van der Waals surface area contributed by atoms with E-state index < -0.39 is 78.2 Å². The lowest BCUT2D eigenvalue weighted by Crippen LogP contribution is -2.52. The maximum atomic E-state index is 13.1. The molecule has 2 atom stereocenters. The number of alkyl halides is 6. The lowest BCUT2D eigenvalue weighted by molar-refractivity contribution is -0.243. The maximum Gasteiger partial charge on any atom is 0.426 e. The van der Waals surface area contributed by atoms with Crippen LogP contribution in [-0.4, -0.2) is 59.9 Å². The largest absolute Gasteiger partial charge is 0.426 e. The van der Waals surface area contributed by atoms with E-state index in [1.165, 1.54) is 0 Å². The van der Waals surface area contributed by atoms with Gasteiger partial charge in [-0.2, -0.15) is 26.3 Å². The Morgan fingerprint density at radius 3 is 1.68 bits per heavy atom. The Bertz CT molecular complexity index is 1430. The zero-order valence-electron chi connectivity index (χ0n) is 20.9. The minimum absolute atomic E-state index is 0.221. The molecule has 0 radical (unpaired) electrons. The highest BCUT2D eigenvalue weighted by atomic mass is 35.5. The summed E-state index contributed by atoms with van der Waals surface area (Å²) in [6.45, 7) is 1.54. The van der Waals surface area contributed by atoms with Gasteiger partial charge < -0.3 is 26.6 Å². The molecule has 0 heterocycles. The number of primary amides is 1. The Kier molecular flexibility index (Phi) is 10.6. The van der Waals surface area contributed by atoms with E-state index in [2.05, 4.69) is 11.1 Å². The quantitative estimate of drug-likeness (QED) is 0.238. The molecule has 0 aliphatic heterocycles. The molecule has 0 fully saturated rings. The number of amides is 3. The Balaban J connectivity index is 0.000000716. The number of hydrogen-bond donors (Lipinski definition) is 5. The minimum Gasteiger partial charge on any atom is -0.373 e. The van der Waals surface area contributed by atoms with Crippen LogP contribution in [0.5, 0.6) is 0 Å². The molecule has 1 unspecified atom stereocenters. The Hall–Kier alpha value is -3.48. The molecule has 41 heavy (non-hydrogen) atoms. The summed E-state index contributed by atoms with van der Waals surface area (Å²) in [4.78, 5) is 32.5. The van der Waals surface area contributed by atoms with Crippen LogP contribution in [0.3, 0.4) is 0 Å². The van der Waals surface area contributed by atoms with Crippen LogP contribution in [0.2, 0.25) is 5.02 Å². The summed E-state index contributed by atoms with van der Waals surface area (Å²) in [5.41, 5.74) is -3.98. The van der Waals surface area contributed by atoms with Gasteiger partial charge in [-0.25, -0.2) is 12.8 Å². The van der Waals surface area contributed by atoms with Crippen molar-refractivity contribution in [3.05, 3.63) is 47.2 Å². The molecule has 228 valence electrons. The van der Waals surface area contributed by atoms with Crippen molar-refractivity contribution >= 4 is 50.5 Å². The smallest absolute Gasteiger partial charge is 0.373 e. The summed E-state index contributed by atoms with van der Waals surface area (Å²) in [7, 11) is -4.36. The van der Waals surface area contributed by atoms with Gasteiger partial charge in [0.2, 0.25) is 26.9 Å². The van der Waals surface area contributed by atoms with Crippen LogP contribution in [0.25, 0.3) is 0 Å². The average molecular weight is 640 g/mol. The first-order valence-corrected chi connectivity index (χ1v) is 12.4. The third kappa shape index (κ3) is 8.05. The van der Waals surface area contributed by atoms with Crippen LogP contribution in [0.4, 0.5) is 42.1 Å². The number of halogens is 8. The molecular weight excluding hydrogens is 619 g/mol. The first kappa shape index (κ1) is 35.5.